The number of fused-ring (bicyclic) bond motifs is 1. The number of benzene rings is 1. The molecule has 1 aromatic carbocycles. The maximum absolute atomic E-state index is 10.7. The van der Waals surface area contributed by atoms with Gasteiger partial charge in [0.25, 0.3) is 0 Å². The third-order valence-corrected chi connectivity index (χ3v) is 2.08. The van der Waals surface area contributed by atoms with Crippen LogP contribution in [0.15, 0.2) is 50.8 Å². The minimum Gasteiger partial charge on any atom is -0.423 e. The number of hydrogen-bond acceptors (Lipinski definition) is 5. The first-order chi connectivity index (χ1) is 9.17. The summed E-state index contributed by atoms with van der Waals surface area (Å²) in [5, 5.41) is 4.22. The Balaban J connectivity index is 0.000000203. The molecular weight excluding hydrogens is 246 g/mol. The fourth-order valence-electron chi connectivity index (χ4n) is 1.19. The fraction of sp³-hybridized carbons (Fsp3) is 0.214. The van der Waals surface area contributed by atoms with Gasteiger partial charge in [0.05, 0.1) is 0 Å². The van der Waals surface area contributed by atoms with E-state index in [1.165, 1.54) is 12.3 Å². The van der Waals surface area contributed by atoms with Crippen molar-refractivity contribution in [2.24, 2.45) is 5.16 Å². The number of hydrogen-bond donors (Lipinski definition) is 0. The molecule has 0 N–H and O–H groups in total. The van der Waals surface area contributed by atoms with E-state index < -0.39 is 0 Å². The third-order valence-electron chi connectivity index (χ3n) is 2.08. The predicted molar refractivity (Wildman–Crippen MR) is 73.0 cm³/mol. The lowest BCUT2D eigenvalue weighted by Crippen LogP contribution is -1.95. The van der Waals surface area contributed by atoms with Crippen molar-refractivity contribution in [2.75, 3.05) is 0 Å². The first-order valence-electron chi connectivity index (χ1n) is 5.84. The lowest BCUT2D eigenvalue weighted by molar-refractivity contribution is -0.143. The van der Waals surface area contributed by atoms with Gasteiger partial charge in [0.2, 0.25) is 0 Å². The lowest BCUT2D eigenvalue weighted by Gasteiger charge is -1.91. The van der Waals surface area contributed by atoms with Gasteiger partial charge < -0.3 is 9.25 Å². The average Bonchev–Trinajstić information content (AvgIpc) is 2.45. The van der Waals surface area contributed by atoms with Crippen molar-refractivity contribution < 1.29 is 14.0 Å². The zero-order chi connectivity index (χ0) is 14.1. The van der Waals surface area contributed by atoms with Crippen LogP contribution in [-0.4, -0.2) is 12.2 Å². The molecule has 0 bridgehead atoms. The van der Waals surface area contributed by atoms with Crippen molar-refractivity contribution in [3.05, 3.63) is 46.8 Å². The van der Waals surface area contributed by atoms with Gasteiger partial charge >= 0.3 is 11.6 Å². The van der Waals surface area contributed by atoms with Crippen molar-refractivity contribution >= 4 is 23.2 Å². The van der Waals surface area contributed by atoms with Crippen molar-refractivity contribution in [3.8, 4) is 0 Å². The van der Waals surface area contributed by atoms with Gasteiger partial charge in [-0.05, 0) is 19.1 Å². The summed E-state index contributed by atoms with van der Waals surface area (Å²) in [6, 6.07) is 10.6. The fourth-order valence-corrected chi connectivity index (χ4v) is 1.19. The standard InChI is InChI=1S/C9H6O2.C5H9NO2/c10-9-6-5-7-3-1-2-4-8(7)11-9;1-3-5(7)8-6-4-2/h1-6H;4H,3H2,1-2H3/b;6-4+. The molecule has 100 valence electrons. The molecule has 1 aromatic heterocycles. The first-order valence-corrected chi connectivity index (χ1v) is 5.84. The third kappa shape index (κ3) is 5.16. The summed E-state index contributed by atoms with van der Waals surface area (Å²) in [7, 11) is 0. The van der Waals surface area contributed by atoms with Gasteiger partial charge in [0.15, 0.2) is 0 Å². The summed E-state index contributed by atoms with van der Waals surface area (Å²) < 4.78 is 4.91. The van der Waals surface area contributed by atoms with E-state index in [4.69, 9.17) is 4.42 Å². The van der Waals surface area contributed by atoms with Crippen LogP contribution in [0.2, 0.25) is 0 Å². The van der Waals surface area contributed by atoms with Gasteiger partial charge in [-0.2, -0.15) is 0 Å². The molecule has 19 heavy (non-hydrogen) atoms. The Labute approximate surface area is 110 Å². The molecular formula is C14H15NO4. The average molecular weight is 261 g/mol. The molecule has 0 unspecified atom stereocenters. The second kappa shape index (κ2) is 7.81. The van der Waals surface area contributed by atoms with E-state index in [1.807, 2.05) is 18.2 Å². The van der Waals surface area contributed by atoms with Gasteiger partial charge in [-0.25, -0.2) is 9.59 Å². The van der Waals surface area contributed by atoms with Crippen LogP contribution in [-0.2, 0) is 9.63 Å². The summed E-state index contributed by atoms with van der Waals surface area (Å²) in [5.74, 6) is -0.303. The topological polar surface area (TPSA) is 68.9 Å². The van der Waals surface area contributed by atoms with E-state index >= 15 is 0 Å². The van der Waals surface area contributed by atoms with Crippen molar-refractivity contribution in [3.63, 3.8) is 0 Å². The Morgan fingerprint density at radius 2 is 2.05 bits per heavy atom. The van der Waals surface area contributed by atoms with E-state index in [1.54, 1.807) is 26.0 Å². The Morgan fingerprint density at radius 1 is 1.32 bits per heavy atom. The second-order valence-corrected chi connectivity index (χ2v) is 3.47. The van der Waals surface area contributed by atoms with E-state index in [0.717, 1.165) is 5.39 Å². The van der Waals surface area contributed by atoms with Crippen molar-refractivity contribution in [1.29, 1.82) is 0 Å². The molecule has 0 amide bonds. The largest absolute Gasteiger partial charge is 0.423 e. The molecule has 0 aliphatic carbocycles. The summed E-state index contributed by atoms with van der Waals surface area (Å²) in [5.41, 5.74) is 0.337. The van der Waals surface area contributed by atoms with Crippen molar-refractivity contribution in [1.82, 2.24) is 0 Å². The summed E-state index contributed by atoms with van der Waals surface area (Å²) >= 11 is 0. The van der Waals surface area contributed by atoms with Crippen LogP contribution >= 0.6 is 0 Å². The Hall–Kier alpha value is -2.43. The molecule has 2 aromatic rings. The molecule has 0 fully saturated rings. The lowest BCUT2D eigenvalue weighted by atomic mass is 10.2. The monoisotopic (exact) mass is 261 g/mol. The summed E-state index contributed by atoms with van der Waals surface area (Å²) in [6.45, 7) is 3.40. The van der Waals surface area contributed by atoms with E-state index in [9.17, 15) is 9.59 Å². The Bertz CT molecular complexity index is 616. The summed E-state index contributed by atoms with van der Waals surface area (Å²) in [6.07, 6.45) is 1.80. The maximum atomic E-state index is 10.7. The van der Waals surface area contributed by atoms with Gasteiger partial charge in [0.1, 0.15) is 5.58 Å². The maximum Gasteiger partial charge on any atom is 0.336 e. The van der Waals surface area contributed by atoms with Crippen molar-refractivity contribution in [2.45, 2.75) is 20.3 Å². The molecule has 0 radical (unpaired) electrons. The van der Waals surface area contributed by atoms with Crippen LogP contribution in [0.3, 0.4) is 0 Å². The van der Waals surface area contributed by atoms with Gasteiger partial charge in [-0.3, -0.25) is 0 Å². The highest BCUT2D eigenvalue weighted by Crippen LogP contribution is 2.08. The molecule has 0 saturated heterocycles. The minimum atomic E-state index is -0.303. The number of para-hydroxylation sites is 1. The molecule has 1 heterocycles. The molecule has 5 nitrogen and oxygen atoms in total. The second-order valence-electron chi connectivity index (χ2n) is 3.47. The highest BCUT2D eigenvalue weighted by atomic mass is 16.7. The van der Waals surface area contributed by atoms with Crippen LogP contribution in [0, 0.1) is 0 Å². The quantitative estimate of drug-likeness (QED) is 0.361. The number of rotatable bonds is 2. The highest BCUT2D eigenvalue weighted by Gasteiger charge is 1.92. The first kappa shape index (κ1) is 14.6. The highest BCUT2D eigenvalue weighted by molar-refractivity contribution is 5.75. The van der Waals surface area contributed by atoms with Gasteiger partial charge in [0, 0.05) is 24.1 Å². The Kier molecular flexibility index (Phi) is 6.02. The van der Waals surface area contributed by atoms with E-state index in [0.29, 0.717) is 12.0 Å². The number of carbonyl (C=O) groups is 1. The minimum absolute atomic E-state index is 0.302. The normalized spacial score (nSPS) is 10.0. The van der Waals surface area contributed by atoms with Crippen LogP contribution in [0.1, 0.15) is 20.3 Å². The number of carbonyl (C=O) groups excluding carboxylic acids is 1. The zero-order valence-electron chi connectivity index (χ0n) is 10.8. The van der Waals surface area contributed by atoms with Crippen LogP contribution in [0.25, 0.3) is 11.0 Å². The van der Waals surface area contributed by atoms with Crippen LogP contribution < -0.4 is 5.63 Å². The molecule has 5 heteroatoms. The molecule has 0 aliphatic rings. The van der Waals surface area contributed by atoms with E-state index in [-0.39, 0.29) is 11.6 Å². The van der Waals surface area contributed by atoms with Gasteiger partial charge in [-0.1, -0.05) is 30.3 Å². The Morgan fingerprint density at radius 3 is 2.74 bits per heavy atom. The smallest absolute Gasteiger partial charge is 0.336 e. The van der Waals surface area contributed by atoms with Gasteiger partial charge in [-0.15, -0.1) is 0 Å². The zero-order valence-corrected chi connectivity index (χ0v) is 10.8. The molecule has 0 spiro atoms. The molecule has 0 atom stereocenters. The van der Waals surface area contributed by atoms with Crippen LogP contribution in [0.4, 0.5) is 0 Å². The summed E-state index contributed by atoms with van der Waals surface area (Å²) in [4.78, 5) is 25.2. The predicted octanol–water partition coefficient (Wildman–Crippen LogP) is 2.74. The number of nitrogens with zero attached hydrogens (tertiary/aromatic N) is 1. The molecule has 0 saturated carbocycles. The number of oxime groups is 1. The van der Waals surface area contributed by atoms with E-state index in [2.05, 4.69) is 9.99 Å². The molecule has 0 aliphatic heterocycles. The SMILES string of the molecule is C/C=N/OC(=O)CC.O=c1ccc2ccccc2o1. The molecule has 2 rings (SSSR count). The van der Waals surface area contributed by atoms with Crippen LogP contribution in [0.5, 0.6) is 0 Å².